The molecular weight excluding hydrogens is 384 g/mol. The molecule has 1 aromatic heterocycles. The standard InChI is InChI=1S/C23H26N2O3S/c1-16(19-14-18(27-2)11-12-20(19)28-3)25-22(26)15-24-23(21-10-7-13-29-21)17-8-5-4-6-9-17/h4-14,16,23-24H,15H2,1-3H3,(H,25,26)/t16-,23+/m0/s1. The summed E-state index contributed by atoms with van der Waals surface area (Å²) in [5, 5.41) is 8.48. The molecule has 1 amide bonds. The van der Waals surface area contributed by atoms with Crippen molar-refractivity contribution in [1.82, 2.24) is 10.6 Å². The molecule has 29 heavy (non-hydrogen) atoms. The Morgan fingerprint density at radius 2 is 1.83 bits per heavy atom. The molecule has 0 aliphatic rings. The summed E-state index contributed by atoms with van der Waals surface area (Å²) < 4.78 is 10.7. The van der Waals surface area contributed by atoms with Gasteiger partial charge in [0, 0.05) is 10.4 Å². The van der Waals surface area contributed by atoms with Crippen molar-refractivity contribution >= 4 is 17.2 Å². The topological polar surface area (TPSA) is 59.6 Å². The minimum Gasteiger partial charge on any atom is -0.497 e. The van der Waals surface area contributed by atoms with Gasteiger partial charge in [0.1, 0.15) is 11.5 Å². The van der Waals surface area contributed by atoms with Gasteiger partial charge in [-0.2, -0.15) is 0 Å². The zero-order valence-electron chi connectivity index (χ0n) is 16.8. The highest BCUT2D eigenvalue weighted by molar-refractivity contribution is 7.10. The van der Waals surface area contributed by atoms with Gasteiger partial charge in [0.2, 0.25) is 5.91 Å². The molecule has 0 saturated heterocycles. The van der Waals surface area contributed by atoms with Crippen LogP contribution in [-0.2, 0) is 4.79 Å². The molecule has 0 saturated carbocycles. The molecule has 0 unspecified atom stereocenters. The zero-order chi connectivity index (χ0) is 20.6. The van der Waals surface area contributed by atoms with E-state index in [2.05, 4.69) is 28.8 Å². The number of hydrogen-bond donors (Lipinski definition) is 2. The molecule has 3 rings (SSSR count). The SMILES string of the molecule is COc1ccc(OC)c([C@H](C)NC(=O)CN[C@H](c2ccccc2)c2cccs2)c1. The summed E-state index contributed by atoms with van der Waals surface area (Å²) in [5.74, 6) is 1.36. The van der Waals surface area contributed by atoms with Gasteiger partial charge in [-0.25, -0.2) is 0 Å². The van der Waals surface area contributed by atoms with Crippen molar-refractivity contribution in [3.05, 3.63) is 82.0 Å². The van der Waals surface area contributed by atoms with Gasteiger partial charge in [-0.05, 0) is 42.1 Å². The van der Waals surface area contributed by atoms with Crippen LogP contribution in [0, 0.1) is 0 Å². The van der Waals surface area contributed by atoms with Crippen LogP contribution in [0.1, 0.15) is 35.0 Å². The van der Waals surface area contributed by atoms with Crippen molar-refractivity contribution in [3.8, 4) is 11.5 Å². The average molecular weight is 411 g/mol. The Morgan fingerprint density at radius 1 is 1.03 bits per heavy atom. The number of nitrogens with one attached hydrogen (secondary N) is 2. The highest BCUT2D eigenvalue weighted by atomic mass is 32.1. The number of rotatable bonds is 9. The first-order valence-corrected chi connectivity index (χ1v) is 10.3. The van der Waals surface area contributed by atoms with Crippen LogP contribution in [0.5, 0.6) is 11.5 Å². The number of ether oxygens (including phenoxy) is 2. The Bertz CT molecular complexity index is 913. The van der Waals surface area contributed by atoms with Crippen molar-refractivity contribution < 1.29 is 14.3 Å². The lowest BCUT2D eigenvalue weighted by Crippen LogP contribution is -2.37. The van der Waals surface area contributed by atoms with Crippen molar-refractivity contribution in [1.29, 1.82) is 0 Å². The molecule has 0 bridgehead atoms. The number of amides is 1. The lowest BCUT2D eigenvalue weighted by atomic mass is 10.1. The van der Waals surface area contributed by atoms with Crippen LogP contribution < -0.4 is 20.1 Å². The molecule has 3 aromatic rings. The number of hydrogen-bond acceptors (Lipinski definition) is 5. The van der Waals surface area contributed by atoms with Crippen LogP contribution in [0.2, 0.25) is 0 Å². The largest absolute Gasteiger partial charge is 0.497 e. The molecule has 0 radical (unpaired) electrons. The number of carbonyl (C=O) groups is 1. The Balaban J connectivity index is 1.67. The van der Waals surface area contributed by atoms with E-state index in [0.29, 0.717) is 5.75 Å². The van der Waals surface area contributed by atoms with E-state index in [1.54, 1.807) is 25.6 Å². The fourth-order valence-corrected chi connectivity index (χ4v) is 4.05. The number of methoxy groups -OCH3 is 2. The Hall–Kier alpha value is -2.83. The minimum absolute atomic E-state index is 0.0244. The lowest BCUT2D eigenvalue weighted by molar-refractivity contribution is -0.121. The summed E-state index contributed by atoms with van der Waals surface area (Å²) >= 11 is 1.67. The smallest absolute Gasteiger partial charge is 0.234 e. The van der Waals surface area contributed by atoms with E-state index in [-0.39, 0.29) is 24.5 Å². The van der Waals surface area contributed by atoms with Crippen LogP contribution >= 0.6 is 11.3 Å². The summed E-state index contributed by atoms with van der Waals surface area (Å²) in [4.78, 5) is 13.8. The molecular formula is C23H26N2O3S. The molecule has 6 heteroatoms. The molecule has 5 nitrogen and oxygen atoms in total. The predicted molar refractivity (Wildman–Crippen MR) is 117 cm³/mol. The number of carbonyl (C=O) groups excluding carboxylic acids is 1. The second-order valence-corrected chi connectivity index (χ2v) is 7.62. The number of thiophene rings is 1. The van der Waals surface area contributed by atoms with E-state index >= 15 is 0 Å². The highest BCUT2D eigenvalue weighted by Gasteiger charge is 2.18. The molecule has 2 aromatic carbocycles. The third-order valence-electron chi connectivity index (χ3n) is 4.71. The van der Waals surface area contributed by atoms with Gasteiger partial charge in [-0.3, -0.25) is 10.1 Å². The summed E-state index contributed by atoms with van der Waals surface area (Å²) in [5.41, 5.74) is 2.00. The molecule has 0 spiro atoms. The van der Waals surface area contributed by atoms with Gasteiger partial charge in [0.25, 0.3) is 0 Å². The molecule has 1 heterocycles. The van der Waals surface area contributed by atoms with Gasteiger partial charge in [0.15, 0.2) is 0 Å². The van der Waals surface area contributed by atoms with Crippen molar-refractivity contribution in [3.63, 3.8) is 0 Å². The van der Waals surface area contributed by atoms with E-state index in [1.807, 2.05) is 54.8 Å². The van der Waals surface area contributed by atoms with Crippen LogP contribution in [0.3, 0.4) is 0 Å². The first-order chi connectivity index (χ1) is 14.1. The van der Waals surface area contributed by atoms with E-state index in [0.717, 1.165) is 16.9 Å². The second-order valence-electron chi connectivity index (χ2n) is 6.64. The minimum atomic E-state index is -0.216. The monoisotopic (exact) mass is 410 g/mol. The second kappa shape index (κ2) is 10.1. The zero-order valence-corrected chi connectivity index (χ0v) is 17.7. The summed E-state index contributed by atoms with van der Waals surface area (Å²) in [6, 6.07) is 19.6. The Morgan fingerprint density at radius 3 is 2.48 bits per heavy atom. The maximum absolute atomic E-state index is 12.6. The van der Waals surface area contributed by atoms with E-state index in [4.69, 9.17) is 9.47 Å². The third kappa shape index (κ3) is 5.37. The van der Waals surface area contributed by atoms with Gasteiger partial charge in [0.05, 0.1) is 32.8 Å². The van der Waals surface area contributed by atoms with Crippen molar-refractivity contribution in [2.75, 3.05) is 20.8 Å². The van der Waals surface area contributed by atoms with E-state index in [9.17, 15) is 4.79 Å². The van der Waals surface area contributed by atoms with Crippen LogP contribution in [-0.4, -0.2) is 26.7 Å². The third-order valence-corrected chi connectivity index (χ3v) is 5.65. The predicted octanol–water partition coefficient (Wildman–Crippen LogP) is 4.32. The van der Waals surface area contributed by atoms with Crippen LogP contribution in [0.15, 0.2) is 66.0 Å². The first kappa shape index (κ1) is 20.9. The number of benzene rings is 2. The van der Waals surface area contributed by atoms with Crippen LogP contribution in [0.25, 0.3) is 0 Å². The molecule has 0 fully saturated rings. The molecule has 2 N–H and O–H groups in total. The summed E-state index contributed by atoms with van der Waals surface area (Å²) in [7, 11) is 3.24. The van der Waals surface area contributed by atoms with Crippen LogP contribution in [0.4, 0.5) is 0 Å². The normalized spacial score (nSPS) is 12.8. The lowest BCUT2D eigenvalue weighted by Gasteiger charge is -2.21. The molecule has 152 valence electrons. The van der Waals surface area contributed by atoms with Crippen molar-refractivity contribution in [2.45, 2.75) is 19.0 Å². The molecule has 2 atom stereocenters. The van der Waals surface area contributed by atoms with Gasteiger partial charge < -0.3 is 14.8 Å². The quantitative estimate of drug-likeness (QED) is 0.552. The first-order valence-electron chi connectivity index (χ1n) is 9.45. The maximum atomic E-state index is 12.6. The van der Waals surface area contributed by atoms with Gasteiger partial charge in [-0.15, -0.1) is 11.3 Å². The van der Waals surface area contributed by atoms with E-state index < -0.39 is 0 Å². The highest BCUT2D eigenvalue weighted by Crippen LogP contribution is 2.29. The van der Waals surface area contributed by atoms with Gasteiger partial charge in [-0.1, -0.05) is 36.4 Å². The summed E-state index contributed by atoms with van der Waals surface area (Å²) in [6.45, 7) is 2.14. The molecule has 0 aliphatic carbocycles. The van der Waals surface area contributed by atoms with Crippen molar-refractivity contribution in [2.24, 2.45) is 0 Å². The Labute approximate surface area is 175 Å². The van der Waals surface area contributed by atoms with E-state index in [1.165, 1.54) is 4.88 Å². The summed E-state index contributed by atoms with van der Waals surface area (Å²) in [6.07, 6.45) is 0. The maximum Gasteiger partial charge on any atom is 0.234 e. The average Bonchev–Trinajstić information content (AvgIpc) is 3.28. The fraction of sp³-hybridized carbons (Fsp3) is 0.261. The van der Waals surface area contributed by atoms with Gasteiger partial charge >= 0.3 is 0 Å². The Kier molecular flexibility index (Phi) is 7.27. The molecule has 0 aliphatic heterocycles. The fourth-order valence-electron chi connectivity index (χ4n) is 3.23.